The maximum atomic E-state index is 13.4. The first-order valence-corrected chi connectivity index (χ1v) is 7.80. The molecule has 4 heteroatoms. The van der Waals surface area contributed by atoms with E-state index in [1.807, 2.05) is 38.1 Å². The monoisotopic (exact) mass is 299 g/mol. The van der Waals surface area contributed by atoms with Crippen molar-refractivity contribution in [1.82, 2.24) is 5.32 Å². The normalized spacial score (nSPS) is 24.8. The fourth-order valence-corrected chi connectivity index (χ4v) is 3.61. The summed E-state index contributed by atoms with van der Waals surface area (Å²) >= 11 is 0. The van der Waals surface area contributed by atoms with Crippen LogP contribution in [0.4, 0.5) is 13.2 Å². The molecular formula is C17H24F3N. The summed E-state index contributed by atoms with van der Waals surface area (Å²) in [6.45, 7) is 4.61. The third-order valence-electron chi connectivity index (χ3n) is 4.62. The maximum Gasteiger partial charge on any atom is 0.392 e. The highest BCUT2D eigenvalue weighted by molar-refractivity contribution is 5.29. The number of nitrogens with one attached hydrogen (secondary N) is 1. The van der Waals surface area contributed by atoms with E-state index in [9.17, 15) is 13.2 Å². The van der Waals surface area contributed by atoms with Crippen molar-refractivity contribution in [2.75, 3.05) is 6.54 Å². The summed E-state index contributed by atoms with van der Waals surface area (Å²) in [4.78, 5) is 0. The Balaban J connectivity index is 2.34. The highest BCUT2D eigenvalue weighted by atomic mass is 19.4. The molecule has 0 heterocycles. The van der Waals surface area contributed by atoms with Gasteiger partial charge in [-0.2, -0.15) is 13.2 Å². The van der Waals surface area contributed by atoms with Crippen LogP contribution in [0.2, 0.25) is 0 Å². The van der Waals surface area contributed by atoms with Crippen LogP contribution in [0.3, 0.4) is 0 Å². The number of hydrogen-bond acceptors (Lipinski definition) is 1. The first-order chi connectivity index (χ1) is 9.95. The lowest BCUT2D eigenvalue weighted by atomic mass is 9.72. The first kappa shape index (κ1) is 16.3. The third kappa shape index (κ3) is 3.79. The van der Waals surface area contributed by atoms with Crippen LogP contribution in [-0.2, 0) is 0 Å². The number of benzene rings is 1. The lowest BCUT2D eigenvalue weighted by molar-refractivity contribution is -0.199. The zero-order valence-corrected chi connectivity index (χ0v) is 12.7. The van der Waals surface area contributed by atoms with Crippen LogP contribution < -0.4 is 5.32 Å². The van der Waals surface area contributed by atoms with Gasteiger partial charge in [-0.1, -0.05) is 44.0 Å². The summed E-state index contributed by atoms with van der Waals surface area (Å²) in [5.74, 6) is -1.55. The predicted octanol–water partition coefficient (Wildman–Crippen LogP) is 5.01. The molecule has 3 atom stereocenters. The van der Waals surface area contributed by atoms with Crippen molar-refractivity contribution in [2.24, 2.45) is 11.8 Å². The molecule has 0 bridgehead atoms. The largest absolute Gasteiger partial charge is 0.392 e. The molecule has 0 aromatic heterocycles. The van der Waals surface area contributed by atoms with Crippen molar-refractivity contribution in [3.63, 3.8) is 0 Å². The minimum atomic E-state index is -4.10. The van der Waals surface area contributed by atoms with Gasteiger partial charge in [0.15, 0.2) is 0 Å². The molecule has 2 rings (SSSR count). The number of alkyl halides is 3. The van der Waals surface area contributed by atoms with Crippen LogP contribution in [-0.4, -0.2) is 12.7 Å². The first-order valence-electron chi connectivity index (χ1n) is 7.80. The molecule has 0 radical (unpaired) electrons. The van der Waals surface area contributed by atoms with E-state index in [4.69, 9.17) is 0 Å². The van der Waals surface area contributed by atoms with E-state index < -0.39 is 12.1 Å². The average molecular weight is 299 g/mol. The number of rotatable bonds is 4. The van der Waals surface area contributed by atoms with E-state index in [0.717, 1.165) is 17.5 Å². The van der Waals surface area contributed by atoms with Gasteiger partial charge in [-0.3, -0.25) is 0 Å². The summed E-state index contributed by atoms with van der Waals surface area (Å²) in [7, 11) is 0. The molecule has 1 fully saturated rings. The predicted molar refractivity (Wildman–Crippen MR) is 79.1 cm³/mol. The molecule has 1 aliphatic rings. The minimum Gasteiger partial charge on any atom is -0.310 e. The van der Waals surface area contributed by atoms with Gasteiger partial charge in [0, 0.05) is 6.04 Å². The van der Waals surface area contributed by atoms with Gasteiger partial charge >= 0.3 is 6.18 Å². The van der Waals surface area contributed by atoms with Crippen LogP contribution in [0.5, 0.6) is 0 Å². The standard InChI is InChI=1S/C17H24F3N/c1-3-21-16(13-9-5-4-8-12(13)2)14-10-6-7-11-15(14)17(18,19)20/h4-5,8-9,14-16,21H,3,6-7,10-11H2,1-2H3. The third-order valence-corrected chi connectivity index (χ3v) is 4.62. The van der Waals surface area contributed by atoms with Crippen molar-refractivity contribution >= 4 is 0 Å². The second-order valence-corrected chi connectivity index (χ2v) is 5.99. The van der Waals surface area contributed by atoms with Crippen LogP contribution >= 0.6 is 0 Å². The summed E-state index contributed by atoms with van der Waals surface area (Å²) in [5.41, 5.74) is 2.08. The summed E-state index contributed by atoms with van der Waals surface area (Å²) in [6, 6.07) is 7.58. The molecule has 21 heavy (non-hydrogen) atoms. The molecule has 1 aliphatic carbocycles. The van der Waals surface area contributed by atoms with Gasteiger partial charge in [-0.15, -0.1) is 0 Å². The molecule has 0 saturated heterocycles. The Morgan fingerprint density at radius 2 is 1.86 bits per heavy atom. The molecule has 0 spiro atoms. The van der Waals surface area contributed by atoms with E-state index in [-0.39, 0.29) is 18.4 Å². The summed E-state index contributed by atoms with van der Waals surface area (Å²) < 4.78 is 40.1. The Hall–Kier alpha value is -1.03. The molecule has 1 saturated carbocycles. The molecule has 1 nitrogen and oxygen atoms in total. The summed E-state index contributed by atoms with van der Waals surface area (Å²) in [6.07, 6.45) is -1.60. The lowest BCUT2D eigenvalue weighted by Gasteiger charge is -2.39. The van der Waals surface area contributed by atoms with Gasteiger partial charge in [-0.05, 0) is 43.4 Å². The van der Waals surface area contributed by atoms with Crippen molar-refractivity contribution in [3.05, 3.63) is 35.4 Å². The van der Waals surface area contributed by atoms with Crippen molar-refractivity contribution in [1.29, 1.82) is 0 Å². The van der Waals surface area contributed by atoms with Gasteiger partial charge in [0.2, 0.25) is 0 Å². The zero-order chi connectivity index (χ0) is 15.5. The molecule has 1 N–H and O–H groups in total. The second kappa shape index (κ2) is 6.82. The van der Waals surface area contributed by atoms with Crippen LogP contribution in [0, 0.1) is 18.8 Å². The molecule has 1 aromatic carbocycles. The van der Waals surface area contributed by atoms with Gasteiger partial charge in [0.05, 0.1) is 5.92 Å². The van der Waals surface area contributed by atoms with Gasteiger partial charge in [-0.25, -0.2) is 0 Å². The Morgan fingerprint density at radius 1 is 1.19 bits per heavy atom. The molecule has 0 aliphatic heterocycles. The zero-order valence-electron chi connectivity index (χ0n) is 12.7. The molecule has 118 valence electrons. The van der Waals surface area contributed by atoms with Crippen molar-refractivity contribution < 1.29 is 13.2 Å². The van der Waals surface area contributed by atoms with Crippen molar-refractivity contribution in [2.45, 2.75) is 51.7 Å². The Labute approximate surface area is 124 Å². The lowest BCUT2D eigenvalue weighted by Crippen LogP contribution is -2.41. The number of halogens is 3. The topological polar surface area (TPSA) is 12.0 Å². The molecule has 1 aromatic rings. The van der Waals surface area contributed by atoms with E-state index >= 15 is 0 Å². The smallest absolute Gasteiger partial charge is 0.310 e. The fraction of sp³-hybridized carbons (Fsp3) is 0.647. The average Bonchev–Trinajstić information content (AvgIpc) is 2.45. The van der Waals surface area contributed by atoms with Crippen LogP contribution in [0.25, 0.3) is 0 Å². The Kier molecular flexibility index (Phi) is 5.31. The quantitative estimate of drug-likeness (QED) is 0.823. The van der Waals surface area contributed by atoms with Gasteiger partial charge in [0.25, 0.3) is 0 Å². The summed E-state index contributed by atoms with van der Waals surface area (Å²) in [5, 5.41) is 3.31. The Morgan fingerprint density at radius 3 is 2.48 bits per heavy atom. The van der Waals surface area contributed by atoms with Crippen LogP contribution in [0.15, 0.2) is 24.3 Å². The highest BCUT2D eigenvalue weighted by Gasteiger charge is 2.48. The van der Waals surface area contributed by atoms with E-state index in [1.54, 1.807) is 0 Å². The van der Waals surface area contributed by atoms with E-state index in [2.05, 4.69) is 5.32 Å². The SMILES string of the molecule is CCNC(c1ccccc1C)C1CCCCC1C(F)(F)F. The van der Waals surface area contributed by atoms with E-state index in [0.29, 0.717) is 19.4 Å². The molecule has 3 unspecified atom stereocenters. The number of hydrogen-bond donors (Lipinski definition) is 1. The highest BCUT2D eigenvalue weighted by Crippen LogP contribution is 2.46. The molecule has 0 amide bonds. The van der Waals surface area contributed by atoms with Crippen LogP contribution in [0.1, 0.15) is 49.8 Å². The van der Waals surface area contributed by atoms with Gasteiger partial charge < -0.3 is 5.32 Å². The van der Waals surface area contributed by atoms with Gasteiger partial charge in [0.1, 0.15) is 0 Å². The minimum absolute atomic E-state index is 0.205. The fourth-order valence-electron chi connectivity index (χ4n) is 3.61. The number of aryl methyl sites for hydroxylation is 1. The van der Waals surface area contributed by atoms with Crippen molar-refractivity contribution in [3.8, 4) is 0 Å². The van der Waals surface area contributed by atoms with E-state index in [1.165, 1.54) is 0 Å². The Bertz CT molecular complexity index is 456. The maximum absolute atomic E-state index is 13.4. The second-order valence-electron chi connectivity index (χ2n) is 5.99. The molecular weight excluding hydrogens is 275 g/mol.